The SMILES string of the molecule is Cc1c(N2CC(C3CC3)C(C)(N)C2)c(F)cc2c(=O)c(C(=O)O)cn(C3CC3F)c12. The summed E-state index contributed by atoms with van der Waals surface area (Å²) < 4.78 is 30.8. The van der Waals surface area contributed by atoms with Crippen LogP contribution in [0.15, 0.2) is 17.1 Å². The predicted molar refractivity (Wildman–Crippen MR) is 109 cm³/mol. The second-order valence-electron chi connectivity index (χ2n) is 9.46. The van der Waals surface area contributed by atoms with E-state index in [0.717, 1.165) is 18.9 Å². The third-order valence-electron chi connectivity index (χ3n) is 7.05. The molecule has 30 heavy (non-hydrogen) atoms. The second kappa shape index (κ2) is 6.26. The van der Waals surface area contributed by atoms with Gasteiger partial charge in [0, 0.05) is 36.6 Å². The van der Waals surface area contributed by atoms with Crippen LogP contribution in [0.5, 0.6) is 0 Å². The van der Waals surface area contributed by atoms with Crippen LogP contribution in [0.1, 0.15) is 48.1 Å². The van der Waals surface area contributed by atoms with E-state index >= 15 is 4.39 Å². The highest BCUT2D eigenvalue weighted by atomic mass is 19.1. The van der Waals surface area contributed by atoms with Crippen LogP contribution in [-0.4, -0.2) is 40.4 Å². The molecule has 2 heterocycles. The van der Waals surface area contributed by atoms with E-state index in [1.54, 1.807) is 6.92 Å². The Balaban J connectivity index is 1.71. The van der Waals surface area contributed by atoms with Crippen LogP contribution in [0.2, 0.25) is 0 Å². The number of carboxylic acids is 1. The molecule has 3 N–H and O–H groups in total. The fourth-order valence-corrected chi connectivity index (χ4v) is 5.31. The molecule has 0 spiro atoms. The van der Waals surface area contributed by atoms with Gasteiger partial charge in [-0.1, -0.05) is 0 Å². The first-order valence-corrected chi connectivity index (χ1v) is 10.4. The van der Waals surface area contributed by atoms with Gasteiger partial charge in [0.2, 0.25) is 5.43 Å². The molecule has 2 aromatic rings. The Hall–Kier alpha value is -2.48. The number of hydrogen-bond acceptors (Lipinski definition) is 4. The van der Waals surface area contributed by atoms with Crippen LogP contribution in [0.4, 0.5) is 14.5 Å². The van der Waals surface area contributed by atoms with E-state index < -0.39 is 40.5 Å². The third kappa shape index (κ3) is 2.84. The van der Waals surface area contributed by atoms with E-state index in [9.17, 15) is 19.1 Å². The molecule has 2 saturated carbocycles. The monoisotopic (exact) mass is 417 g/mol. The van der Waals surface area contributed by atoms with Crippen molar-refractivity contribution in [2.75, 3.05) is 18.0 Å². The largest absolute Gasteiger partial charge is 0.477 e. The molecule has 0 radical (unpaired) electrons. The highest BCUT2D eigenvalue weighted by molar-refractivity contribution is 5.95. The number of aromatic nitrogens is 1. The zero-order valence-corrected chi connectivity index (χ0v) is 17.0. The second-order valence-corrected chi connectivity index (χ2v) is 9.46. The Morgan fingerprint density at radius 2 is 2.03 bits per heavy atom. The summed E-state index contributed by atoms with van der Waals surface area (Å²) in [6.07, 6.45) is 2.62. The van der Waals surface area contributed by atoms with Gasteiger partial charge in [-0.3, -0.25) is 4.79 Å². The van der Waals surface area contributed by atoms with E-state index in [1.165, 1.54) is 10.8 Å². The lowest BCUT2D eigenvalue weighted by molar-refractivity contribution is 0.0694. The number of nitrogens with zero attached hydrogens (tertiary/aromatic N) is 2. The molecule has 3 aliphatic rings. The van der Waals surface area contributed by atoms with Crippen molar-refractivity contribution >= 4 is 22.6 Å². The van der Waals surface area contributed by atoms with Gasteiger partial charge >= 0.3 is 5.97 Å². The van der Waals surface area contributed by atoms with E-state index in [-0.39, 0.29) is 17.7 Å². The Morgan fingerprint density at radius 3 is 2.60 bits per heavy atom. The first-order valence-electron chi connectivity index (χ1n) is 10.4. The Bertz CT molecular complexity index is 1140. The molecule has 1 aromatic carbocycles. The van der Waals surface area contributed by atoms with Crippen LogP contribution in [0.3, 0.4) is 0 Å². The lowest BCUT2D eigenvalue weighted by Gasteiger charge is -2.26. The minimum atomic E-state index is -1.40. The number of benzene rings is 1. The fourth-order valence-electron chi connectivity index (χ4n) is 5.31. The fraction of sp³-hybridized carbons (Fsp3) is 0.545. The van der Waals surface area contributed by atoms with E-state index in [1.807, 2.05) is 11.8 Å². The minimum Gasteiger partial charge on any atom is -0.477 e. The van der Waals surface area contributed by atoms with Crippen molar-refractivity contribution in [3.8, 4) is 0 Å². The summed E-state index contributed by atoms with van der Waals surface area (Å²) in [4.78, 5) is 26.2. The van der Waals surface area contributed by atoms with E-state index in [4.69, 9.17) is 5.73 Å². The number of aromatic carboxylic acids is 1. The molecule has 1 aromatic heterocycles. The molecule has 1 saturated heterocycles. The summed E-state index contributed by atoms with van der Waals surface area (Å²) in [6.45, 7) is 4.83. The normalized spacial score (nSPS) is 30.8. The molecule has 1 aliphatic heterocycles. The molecule has 0 bridgehead atoms. The van der Waals surface area contributed by atoms with Crippen molar-refractivity contribution in [2.45, 2.75) is 50.9 Å². The number of anilines is 1. The number of aryl methyl sites for hydroxylation is 1. The smallest absolute Gasteiger partial charge is 0.341 e. The number of hydrogen-bond donors (Lipinski definition) is 2. The summed E-state index contributed by atoms with van der Waals surface area (Å²) in [6, 6.07) is 0.567. The molecule has 2 aliphatic carbocycles. The number of halogens is 2. The molecule has 4 atom stereocenters. The number of fused-ring (bicyclic) bond motifs is 1. The van der Waals surface area contributed by atoms with Crippen LogP contribution in [0.25, 0.3) is 10.9 Å². The standard InChI is InChI=1S/C22H25F2N3O3/c1-10-18-12(20(28)13(21(29)30)7-27(18)17-6-15(17)23)5-16(24)19(10)26-8-14(11-3-4-11)22(2,25)9-26/h5,7,11,14-15,17H,3-4,6,8-9,25H2,1-2H3,(H,29,30). The topological polar surface area (TPSA) is 88.6 Å². The minimum absolute atomic E-state index is 0.0267. The zero-order chi connectivity index (χ0) is 21.5. The molecular weight excluding hydrogens is 392 g/mol. The van der Waals surface area contributed by atoms with Crippen molar-refractivity contribution in [3.63, 3.8) is 0 Å². The zero-order valence-electron chi connectivity index (χ0n) is 17.0. The molecule has 5 rings (SSSR count). The Morgan fingerprint density at radius 1 is 1.37 bits per heavy atom. The van der Waals surface area contributed by atoms with Crippen LogP contribution in [0, 0.1) is 24.6 Å². The van der Waals surface area contributed by atoms with Crippen molar-refractivity contribution < 1.29 is 18.7 Å². The van der Waals surface area contributed by atoms with Crippen molar-refractivity contribution in [3.05, 3.63) is 39.4 Å². The highest BCUT2D eigenvalue weighted by Gasteiger charge is 2.48. The van der Waals surface area contributed by atoms with Crippen molar-refractivity contribution in [1.82, 2.24) is 4.57 Å². The number of alkyl halides is 1. The van der Waals surface area contributed by atoms with E-state index in [0.29, 0.717) is 35.8 Å². The number of pyridine rings is 1. The summed E-state index contributed by atoms with van der Waals surface area (Å²) in [5.74, 6) is -1.16. The van der Waals surface area contributed by atoms with Gasteiger partial charge in [-0.2, -0.15) is 0 Å². The first kappa shape index (κ1) is 19.5. The number of carbonyl (C=O) groups is 1. The number of rotatable bonds is 4. The number of nitrogens with two attached hydrogens (primary N) is 1. The Labute approximate surface area is 172 Å². The van der Waals surface area contributed by atoms with Crippen molar-refractivity contribution in [1.29, 1.82) is 0 Å². The molecular formula is C22H25F2N3O3. The lowest BCUT2D eigenvalue weighted by Crippen LogP contribution is -2.45. The van der Waals surface area contributed by atoms with Gasteiger partial charge in [0.15, 0.2) is 0 Å². The van der Waals surface area contributed by atoms with Gasteiger partial charge in [-0.15, -0.1) is 0 Å². The van der Waals surface area contributed by atoms with E-state index in [2.05, 4.69) is 0 Å². The van der Waals surface area contributed by atoms with Crippen LogP contribution >= 0.6 is 0 Å². The van der Waals surface area contributed by atoms with Gasteiger partial charge in [-0.05, 0) is 50.2 Å². The molecule has 0 amide bonds. The average molecular weight is 417 g/mol. The molecule has 8 heteroatoms. The number of carboxylic acid groups (broad SMARTS) is 1. The maximum Gasteiger partial charge on any atom is 0.341 e. The maximum absolute atomic E-state index is 15.3. The first-order chi connectivity index (χ1) is 14.1. The van der Waals surface area contributed by atoms with Gasteiger partial charge in [-0.25, -0.2) is 13.6 Å². The molecule has 6 nitrogen and oxygen atoms in total. The molecule has 160 valence electrons. The Kier molecular flexibility index (Phi) is 4.07. The van der Waals surface area contributed by atoms with Crippen LogP contribution in [-0.2, 0) is 0 Å². The predicted octanol–water partition coefficient (Wildman–Crippen LogP) is 2.99. The summed E-state index contributed by atoms with van der Waals surface area (Å²) >= 11 is 0. The lowest BCUT2D eigenvalue weighted by atomic mass is 9.86. The summed E-state index contributed by atoms with van der Waals surface area (Å²) in [5.41, 5.74) is 6.18. The molecule has 3 fully saturated rings. The van der Waals surface area contributed by atoms with Gasteiger partial charge in [0.05, 0.1) is 17.2 Å². The van der Waals surface area contributed by atoms with Crippen molar-refractivity contribution in [2.24, 2.45) is 17.6 Å². The van der Waals surface area contributed by atoms with Crippen LogP contribution < -0.4 is 16.1 Å². The van der Waals surface area contributed by atoms with Gasteiger partial charge < -0.3 is 20.3 Å². The summed E-state index contributed by atoms with van der Waals surface area (Å²) in [5, 5.41) is 9.38. The van der Waals surface area contributed by atoms with Gasteiger partial charge in [0.1, 0.15) is 17.6 Å². The highest BCUT2D eigenvalue weighted by Crippen LogP contribution is 2.47. The van der Waals surface area contributed by atoms with Gasteiger partial charge in [0.25, 0.3) is 0 Å². The maximum atomic E-state index is 15.3. The average Bonchev–Trinajstić information content (AvgIpc) is 3.56. The summed E-state index contributed by atoms with van der Waals surface area (Å²) in [7, 11) is 0. The third-order valence-corrected chi connectivity index (χ3v) is 7.05. The molecule has 4 unspecified atom stereocenters. The quantitative estimate of drug-likeness (QED) is 0.799.